The normalized spacial score (nSPS) is 11.7. The van der Waals surface area contributed by atoms with E-state index < -0.39 is 0 Å². The molecule has 0 N–H and O–H groups in total. The lowest BCUT2D eigenvalue weighted by Gasteiger charge is -2.28. The summed E-state index contributed by atoms with van der Waals surface area (Å²) in [7, 11) is 0. The highest BCUT2D eigenvalue weighted by atomic mass is 32.1. The van der Waals surface area contributed by atoms with Crippen LogP contribution in [0.2, 0.25) is 0 Å². The van der Waals surface area contributed by atoms with Crippen molar-refractivity contribution in [1.82, 2.24) is 0 Å². The lowest BCUT2D eigenvalue weighted by molar-refractivity contribution is 1.31. The Morgan fingerprint density at radius 3 is 1.84 bits per heavy atom. The van der Waals surface area contributed by atoms with E-state index in [-0.39, 0.29) is 0 Å². The van der Waals surface area contributed by atoms with E-state index in [2.05, 4.69) is 181 Å². The third-order valence-electron chi connectivity index (χ3n) is 9.64. The van der Waals surface area contributed by atoms with Crippen LogP contribution in [-0.2, 0) is 0 Å². The molecule has 0 radical (unpaired) electrons. The smallest absolute Gasteiger partial charge is 0.0633 e. The van der Waals surface area contributed by atoms with E-state index >= 15 is 0 Å². The summed E-state index contributed by atoms with van der Waals surface area (Å²) in [4.78, 5) is 2.49. The van der Waals surface area contributed by atoms with Crippen molar-refractivity contribution in [2.75, 3.05) is 4.90 Å². The predicted octanol–water partition coefficient (Wildman–Crippen LogP) is 14.4. The number of rotatable bonds is 5. The zero-order chi connectivity index (χ0) is 32.3. The average Bonchev–Trinajstić information content (AvgIpc) is 3.74. The molecular weight excluding hydrogens is 631 g/mol. The molecule has 0 atom stereocenters. The first-order valence-corrected chi connectivity index (χ1v) is 18.2. The van der Waals surface area contributed by atoms with Gasteiger partial charge >= 0.3 is 0 Å². The summed E-state index contributed by atoms with van der Waals surface area (Å²) < 4.78 is 5.25. The third-order valence-corrected chi connectivity index (χ3v) is 12.0. The van der Waals surface area contributed by atoms with Gasteiger partial charge in [0.25, 0.3) is 0 Å². The van der Waals surface area contributed by atoms with Crippen LogP contribution >= 0.6 is 22.7 Å². The van der Waals surface area contributed by atoms with Crippen molar-refractivity contribution in [2.45, 2.75) is 0 Å². The molecule has 230 valence electrons. The number of fused-ring (bicyclic) bond motifs is 7. The van der Waals surface area contributed by atoms with Crippen molar-refractivity contribution >= 4 is 90.9 Å². The minimum absolute atomic E-state index is 1.13. The maximum Gasteiger partial charge on any atom is 0.0633 e. The second-order valence-corrected chi connectivity index (χ2v) is 14.6. The fraction of sp³-hybridized carbons (Fsp3) is 0. The summed E-state index contributed by atoms with van der Waals surface area (Å²) in [6.07, 6.45) is 0. The van der Waals surface area contributed by atoms with Crippen molar-refractivity contribution in [3.8, 4) is 22.3 Å². The van der Waals surface area contributed by atoms with Gasteiger partial charge in [-0.25, -0.2) is 0 Å². The zero-order valence-corrected chi connectivity index (χ0v) is 28.1. The van der Waals surface area contributed by atoms with E-state index in [0.717, 1.165) is 11.4 Å². The van der Waals surface area contributed by atoms with Crippen molar-refractivity contribution in [3.05, 3.63) is 176 Å². The van der Waals surface area contributed by atoms with Gasteiger partial charge in [-0.3, -0.25) is 0 Å². The maximum atomic E-state index is 2.49. The second-order valence-electron chi connectivity index (χ2n) is 12.5. The Morgan fingerprint density at radius 1 is 0.367 bits per heavy atom. The highest BCUT2D eigenvalue weighted by molar-refractivity contribution is 7.26. The van der Waals surface area contributed by atoms with Gasteiger partial charge in [-0.2, -0.15) is 0 Å². The molecule has 0 unspecified atom stereocenters. The lowest BCUT2D eigenvalue weighted by atomic mass is 9.99. The van der Waals surface area contributed by atoms with Crippen LogP contribution in [0, 0.1) is 0 Å². The van der Waals surface area contributed by atoms with Crippen LogP contribution in [0.15, 0.2) is 176 Å². The molecule has 10 rings (SSSR count). The Morgan fingerprint density at radius 2 is 1.00 bits per heavy atom. The van der Waals surface area contributed by atoms with Crippen LogP contribution < -0.4 is 4.90 Å². The molecule has 49 heavy (non-hydrogen) atoms. The second kappa shape index (κ2) is 11.5. The van der Waals surface area contributed by atoms with Crippen molar-refractivity contribution in [3.63, 3.8) is 0 Å². The monoisotopic (exact) mass is 659 g/mol. The van der Waals surface area contributed by atoms with Gasteiger partial charge in [0.05, 0.1) is 5.69 Å². The largest absolute Gasteiger partial charge is 0.309 e. The van der Waals surface area contributed by atoms with Gasteiger partial charge in [0, 0.05) is 57.1 Å². The van der Waals surface area contributed by atoms with E-state index in [1.807, 2.05) is 22.7 Å². The molecule has 0 bridgehead atoms. The summed E-state index contributed by atoms with van der Waals surface area (Å²) in [6.45, 7) is 0. The molecule has 0 aliphatic heterocycles. The molecular formula is C46H29NS2. The van der Waals surface area contributed by atoms with Crippen LogP contribution in [-0.4, -0.2) is 0 Å². The van der Waals surface area contributed by atoms with Crippen molar-refractivity contribution in [2.24, 2.45) is 0 Å². The average molecular weight is 660 g/mol. The molecule has 1 nitrogen and oxygen atoms in total. The van der Waals surface area contributed by atoms with Crippen molar-refractivity contribution in [1.29, 1.82) is 0 Å². The predicted molar refractivity (Wildman–Crippen MR) is 215 cm³/mol. The highest BCUT2D eigenvalue weighted by Gasteiger charge is 2.22. The number of anilines is 3. The SMILES string of the molecule is c1ccc(-c2ccc(N(c3cccc(-c4cccc5c4sc4ccccc45)c3)c3c4ccccc4cc4sc5ccccc5c34)cc2)cc1. The number of benzene rings is 8. The Balaban J connectivity index is 1.25. The molecule has 0 saturated heterocycles. The summed E-state index contributed by atoms with van der Waals surface area (Å²) in [6, 6.07) is 64.4. The van der Waals surface area contributed by atoms with Crippen LogP contribution in [0.25, 0.3) is 73.4 Å². The minimum Gasteiger partial charge on any atom is -0.309 e. The molecule has 3 heteroatoms. The first kappa shape index (κ1) is 28.3. The van der Waals surface area contributed by atoms with Gasteiger partial charge in [-0.15, -0.1) is 22.7 Å². The fourth-order valence-corrected chi connectivity index (χ4v) is 9.78. The number of hydrogen-bond donors (Lipinski definition) is 0. The molecule has 2 aromatic heterocycles. The van der Waals surface area contributed by atoms with Crippen LogP contribution in [0.1, 0.15) is 0 Å². The molecule has 0 spiro atoms. The standard InChI is InChI=1S/C46H29NS2/c1-2-12-30(13-3-1)31-24-26-34(27-25-31)47(45-36-17-5-4-14-33(36)29-43-44(45)40-19-7-9-23-42(40)48-43)35-16-10-15-32(28-35)37-20-11-21-39-38-18-6-8-22-41(38)49-46(37)39/h1-29H. The van der Waals surface area contributed by atoms with Crippen LogP contribution in [0.4, 0.5) is 17.1 Å². The summed E-state index contributed by atoms with van der Waals surface area (Å²) in [5.41, 5.74) is 8.39. The Kier molecular flexibility index (Phi) is 6.61. The molecule has 10 aromatic rings. The third kappa shape index (κ3) is 4.66. The molecule has 2 heterocycles. The van der Waals surface area contributed by atoms with Crippen LogP contribution in [0.5, 0.6) is 0 Å². The first-order chi connectivity index (χ1) is 24.3. The lowest BCUT2D eigenvalue weighted by Crippen LogP contribution is -2.11. The number of hydrogen-bond acceptors (Lipinski definition) is 3. The Hall–Kier alpha value is -5.74. The first-order valence-electron chi connectivity index (χ1n) is 16.6. The highest BCUT2D eigenvalue weighted by Crippen LogP contribution is 2.49. The number of thiophene rings is 2. The van der Waals surface area contributed by atoms with Gasteiger partial charge in [0.15, 0.2) is 0 Å². The van der Waals surface area contributed by atoms with Gasteiger partial charge in [0.2, 0.25) is 0 Å². The van der Waals surface area contributed by atoms with E-state index in [1.165, 1.54) is 79.1 Å². The van der Waals surface area contributed by atoms with E-state index in [4.69, 9.17) is 0 Å². The fourth-order valence-electron chi connectivity index (χ4n) is 7.38. The summed E-state index contributed by atoms with van der Waals surface area (Å²) in [5.74, 6) is 0. The van der Waals surface area contributed by atoms with E-state index in [9.17, 15) is 0 Å². The van der Waals surface area contributed by atoms with Gasteiger partial charge < -0.3 is 4.90 Å². The zero-order valence-electron chi connectivity index (χ0n) is 26.5. The molecule has 0 aliphatic rings. The Labute approximate surface area is 292 Å². The molecule has 0 saturated carbocycles. The molecule has 8 aromatic carbocycles. The minimum atomic E-state index is 1.13. The summed E-state index contributed by atoms with van der Waals surface area (Å²) in [5, 5.41) is 7.71. The molecule has 0 aliphatic carbocycles. The van der Waals surface area contributed by atoms with Gasteiger partial charge in [-0.05, 0) is 70.1 Å². The molecule has 0 amide bonds. The van der Waals surface area contributed by atoms with Gasteiger partial charge in [0.1, 0.15) is 0 Å². The van der Waals surface area contributed by atoms with Crippen molar-refractivity contribution < 1.29 is 0 Å². The topological polar surface area (TPSA) is 3.24 Å². The van der Waals surface area contributed by atoms with E-state index in [1.54, 1.807) is 0 Å². The molecule has 0 fully saturated rings. The number of nitrogens with zero attached hydrogens (tertiary/aromatic N) is 1. The quantitative estimate of drug-likeness (QED) is 0.178. The van der Waals surface area contributed by atoms with Crippen LogP contribution in [0.3, 0.4) is 0 Å². The van der Waals surface area contributed by atoms with Gasteiger partial charge in [-0.1, -0.05) is 133 Å². The Bertz CT molecular complexity index is 2830. The van der Waals surface area contributed by atoms with E-state index in [0.29, 0.717) is 0 Å². The summed E-state index contributed by atoms with van der Waals surface area (Å²) >= 11 is 3.76. The maximum absolute atomic E-state index is 2.49.